The molecule has 2 atom stereocenters. The molecule has 2 aromatic carbocycles. The lowest BCUT2D eigenvalue weighted by atomic mass is 9.83. The normalized spacial score (nSPS) is 26.0. The highest BCUT2D eigenvalue weighted by Crippen LogP contribution is 2.43. The van der Waals surface area contributed by atoms with Gasteiger partial charge < -0.3 is 9.84 Å². The van der Waals surface area contributed by atoms with Crippen molar-refractivity contribution >= 4 is 0 Å². The molecule has 23 heavy (non-hydrogen) atoms. The Kier molecular flexibility index (Phi) is 3.43. The topological polar surface area (TPSA) is 32.7 Å². The molecule has 3 heteroatoms. The van der Waals surface area contributed by atoms with E-state index in [0.717, 1.165) is 30.8 Å². The Morgan fingerprint density at radius 3 is 2.57 bits per heavy atom. The molecule has 2 heterocycles. The third-order valence-electron chi connectivity index (χ3n) is 5.18. The maximum Gasteiger partial charge on any atom is 0.126 e. The van der Waals surface area contributed by atoms with Gasteiger partial charge in [0.25, 0.3) is 0 Å². The lowest BCUT2D eigenvalue weighted by Gasteiger charge is -2.49. The first-order chi connectivity index (χ1) is 11.1. The molecule has 0 aliphatic carbocycles. The van der Waals surface area contributed by atoms with E-state index in [2.05, 4.69) is 43.0 Å². The minimum atomic E-state index is -0.528. The molecular weight excluding hydrogens is 286 g/mol. The second-order valence-electron chi connectivity index (χ2n) is 7.12. The summed E-state index contributed by atoms with van der Waals surface area (Å²) in [6.07, 6.45) is 0.497. The third kappa shape index (κ3) is 2.44. The lowest BCUT2D eigenvalue weighted by Crippen LogP contribution is -2.58. The highest BCUT2D eigenvalue weighted by molar-refractivity contribution is 5.40. The number of benzene rings is 2. The summed E-state index contributed by atoms with van der Waals surface area (Å²) < 4.78 is 6.24. The lowest BCUT2D eigenvalue weighted by molar-refractivity contribution is -0.0871. The Morgan fingerprint density at radius 2 is 1.74 bits per heavy atom. The van der Waals surface area contributed by atoms with Crippen molar-refractivity contribution in [1.29, 1.82) is 0 Å². The van der Waals surface area contributed by atoms with Crippen LogP contribution >= 0.6 is 0 Å². The van der Waals surface area contributed by atoms with Crippen LogP contribution in [0.2, 0.25) is 0 Å². The van der Waals surface area contributed by atoms with Crippen LogP contribution in [0.5, 0.6) is 5.75 Å². The van der Waals surface area contributed by atoms with Crippen molar-refractivity contribution in [3.8, 4) is 5.75 Å². The first-order valence-corrected chi connectivity index (χ1v) is 8.33. The van der Waals surface area contributed by atoms with E-state index in [-0.39, 0.29) is 6.04 Å². The van der Waals surface area contributed by atoms with E-state index in [9.17, 15) is 5.11 Å². The standard InChI is InChI=1S/C20H23NO2/c1-20(2)19(18(22)16-9-5-6-10-17(16)23-20)21-12-11-14-7-3-4-8-15(14)13-21/h3-10,18-19,22H,11-13H2,1-2H3. The molecule has 3 nitrogen and oxygen atoms in total. The molecule has 2 unspecified atom stereocenters. The average Bonchev–Trinajstić information content (AvgIpc) is 2.54. The van der Waals surface area contributed by atoms with Crippen LogP contribution in [0.1, 0.15) is 36.6 Å². The minimum absolute atomic E-state index is 0.0502. The molecule has 2 aliphatic heterocycles. The molecular formula is C20H23NO2. The van der Waals surface area contributed by atoms with Crippen molar-refractivity contribution in [2.45, 2.75) is 44.6 Å². The Hall–Kier alpha value is -1.84. The zero-order valence-corrected chi connectivity index (χ0v) is 13.7. The summed E-state index contributed by atoms with van der Waals surface area (Å²) in [5.74, 6) is 0.804. The summed E-state index contributed by atoms with van der Waals surface area (Å²) in [7, 11) is 0. The van der Waals surface area contributed by atoms with Crippen LogP contribution in [0, 0.1) is 0 Å². The van der Waals surface area contributed by atoms with E-state index in [1.165, 1.54) is 11.1 Å². The maximum atomic E-state index is 11.0. The van der Waals surface area contributed by atoms with Gasteiger partial charge in [-0.1, -0.05) is 42.5 Å². The van der Waals surface area contributed by atoms with Crippen molar-refractivity contribution in [2.75, 3.05) is 6.54 Å². The van der Waals surface area contributed by atoms with Gasteiger partial charge in [0.2, 0.25) is 0 Å². The highest BCUT2D eigenvalue weighted by Gasteiger charge is 2.46. The van der Waals surface area contributed by atoms with Gasteiger partial charge in [0.1, 0.15) is 17.5 Å². The molecule has 120 valence electrons. The van der Waals surface area contributed by atoms with Gasteiger partial charge >= 0.3 is 0 Å². The summed E-state index contributed by atoms with van der Waals surface area (Å²) in [4.78, 5) is 2.38. The number of hydrogen-bond acceptors (Lipinski definition) is 3. The number of ether oxygens (including phenoxy) is 1. The molecule has 2 aliphatic rings. The van der Waals surface area contributed by atoms with E-state index in [1.54, 1.807) is 0 Å². The largest absolute Gasteiger partial charge is 0.486 e. The predicted molar refractivity (Wildman–Crippen MR) is 90.5 cm³/mol. The molecule has 0 fully saturated rings. The zero-order chi connectivity index (χ0) is 16.0. The fraction of sp³-hybridized carbons (Fsp3) is 0.400. The van der Waals surface area contributed by atoms with Gasteiger partial charge in [-0.3, -0.25) is 4.90 Å². The molecule has 0 saturated carbocycles. The number of para-hydroxylation sites is 1. The average molecular weight is 309 g/mol. The molecule has 0 bridgehead atoms. The fourth-order valence-electron chi connectivity index (χ4n) is 4.11. The molecule has 0 spiro atoms. The van der Waals surface area contributed by atoms with Gasteiger partial charge in [-0.2, -0.15) is 0 Å². The van der Waals surface area contributed by atoms with E-state index in [1.807, 2.05) is 24.3 Å². The summed E-state index contributed by atoms with van der Waals surface area (Å²) in [5.41, 5.74) is 3.25. The Morgan fingerprint density at radius 1 is 1.04 bits per heavy atom. The van der Waals surface area contributed by atoms with Crippen LogP contribution in [0.4, 0.5) is 0 Å². The number of aliphatic hydroxyl groups is 1. The van der Waals surface area contributed by atoms with Gasteiger partial charge in [0, 0.05) is 18.7 Å². The Labute approximate surface area is 137 Å². The van der Waals surface area contributed by atoms with Gasteiger partial charge in [0.05, 0.1) is 6.04 Å². The number of aliphatic hydroxyl groups excluding tert-OH is 1. The highest BCUT2D eigenvalue weighted by atomic mass is 16.5. The second-order valence-corrected chi connectivity index (χ2v) is 7.12. The van der Waals surface area contributed by atoms with Crippen LogP contribution in [-0.2, 0) is 13.0 Å². The fourth-order valence-corrected chi connectivity index (χ4v) is 4.11. The molecule has 0 radical (unpaired) electrons. The molecule has 2 aromatic rings. The van der Waals surface area contributed by atoms with Crippen LogP contribution in [0.15, 0.2) is 48.5 Å². The van der Waals surface area contributed by atoms with Gasteiger partial charge in [0.15, 0.2) is 0 Å². The molecule has 0 amide bonds. The van der Waals surface area contributed by atoms with Crippen molar-refractivity contribution in [3.63, 3.8) is 0 Å². The van der Waals surface area contributed by atoms with Crippen LogP contribution in [-0.4, -0.2) is 28.2 Å². The minimum Gasteiger partial charge on any atom is -0.486 e. The third-order valence-corrected chi connectivity index (χ3v) is 5.18. The maximum absolute atomic E-state index is 11.0. The summed E-state index contributed by atoms with van der Waals surface area (Å²) in [6.45, 7) is 5.98. The van der Waals surface area contributed by atoms with Crippen molar-refractivity contribution in [3.05, 3.63) is 65.2 Å². The van der Waals surface area contributed by atoms with E-state index in [0.29, 0.717) is 0 Å². The summed E-state index contributed by atoms with van der Waals surface area (Å²) >= 11 is 0. The van der Waals surface area contributed by atoms with Crippen LogP contribution in [0.3, 0.4) is 0 Å². The zero-order valence-electron chi connectivity index (χ0n) is 13.7. The molecule has 0 saturated heterocycles. The monoisotopic (exact) mass is 309 g/mol. The first-order valence-electron chi connectivity index (χ1n) is 8.33. The molecule has 0 aromatic heterocycles. The SMILES string of the molecule is CC1(C)Oc2ccccc2C(O)C1N1CCc2ccccc2C1. The summed E-state index contributed by atoms with van der Waals surface area (Å²) in [6, 6.07) is 16.4. The first kappa shape index (κ1) is 14.7. The van der Waals surface area contributed by atoms with Gasteiger partial charge in [-0.15, -0.1) is 0 Å². The van der Waals surface area contributed by atoms with E-state index >= 15 is 0 Å². The number of rotatable bonds is 1. The van der Waals surface area contributed by atoms with Gasteiger partial charge in [-0.25, -0.2) is 0 Å². The van der Waals surface area contributed by atoms with Gasteiger partial charge in [-0.05, 0) is 37.5 Å². The Balaban J connectivity index is 1.69. The van der Waals surface area contributed by atoms with Crippen molar-refractivity contribution in [2.24, 2.45) is 0 Å². The number of fused-ring (bicyclic) bond motifs is 2. The summed E-state index contributed by atoms with van der Waals surface area (Å²) in [5, 5.41) is 11.0. The molecule has 4 rings (SSSR count). The van der Waals surface area contributed by atoms with Crippen molar-refractivity contribution in [1.82, 2.24) is 4.90 Å². The van der Waals surface area contributed by atoms with Crippen LogP contribution < -0.4 is 4.74 Å². The predicted octanol–water partition coefficient (Wildman–Crippen LogP) is 3.32. The number of hydrogen-bond donors (Lipinski definition) is 1. The smallest absolute Gasteiger partial charge is 0.126 e. The van der Waals surface area contributed by atoms with E-state index < -0.39 is 11.7 Å². The Bertz CT molecular complexity index is 725. The van der Waals surface area contributed by atoms with E-state index in [4.69, 9.17) is 4.74 Å². The quantitative estimate of drug-likeness (QED) is 0.877. The molecule has 1 N–H and O–H groups in total. The second kappa shape index (κ2) is 5.36. The number of nitrogens with zero attached hydrogens (tertiary/aromatic N) is 1. The van der Waals surface area contributed by atoms with Crippen molar-refractivity contribution < 1.29 is 9.84 Å². The van der Waals surface area contributed by atoms with Crippen LogP contribution in [0.25, 0.3) is 0 Å².